The number of hydrogen-bond donors (Lipinski definition) is 1. The second-order valence-electron chi connectivity index (χ2n) is 2.71. The van der Waals surface area contributed by atoms with E-state index in [2.05, 4.69) is 0 Å². The van der Waals surface area contributed by atoms with Gasteiger partial charge in [0.25, 0.3) is 0 Å². The fourth-order valence-corrected chi connectivity index (χ4v) is 1.34. The molecule has 0 aromatic carbocycles. The molecule has 0 heterocycles. The van der Waals surface area contributed by atoms with Gasteiger partial charge in [-0.25, -0.2) is 0 Å². The largest absolute Gasteiger partial charge is 0.481 e. The normalized spacial score (nSPS) is 12.8. The van der Waals surface area contributed by atoms with Gasteiger partial charge in [-0.2, -0.15) is 0 Å². The van der Waals surface area contributed by atoms with E-state index in [9.17, 15) is 4.79 Å². The SMILES string of the molecule is O=C(O)CCC(Cl)CCCCCl. The molecule has 0 aliphatic heterocycles. The van der Waals surface area contributed by atoms with Crippen LogP contribution in [0.1, 0.15) is 32.1 Å². The molecule has 1 unspecified atom stereocenters. The molecule has 0 bridgehead atoms. The van der Waals surface area contributed by atoms with Crippen molar-refractivity contribution in [1.29, 1.82) is 0 Å². The molecule has 0 saturated heterocycles. The van der Waals surface area contributed by atoms with Crippen LogP contribution < -0.4 is 0 Å². The number of hydrogen-bond acceptors (Lipinski definition) is 1. The molecule has 0 fully saturated rings. The minimum atomic E-state index is -0.780. The third kappa shape index (κ3) is 8.15. The van der Waals surface area contributed by atoms with Gasteiger partial charge in [0.15, 0.2) is 0 Å². The van der Waals surface area contributed by atoms with Crippen LogP contribution in [-0.4, -0.2) is 22.3 Å². The Kier molecular flexibility index (Phi) is 7.72. The molecule has 72 valence electrons. The number of carbonyl (C=O) groups is 1. The molecule has 4 heteroatoms. The lowest BCUT2D eigenvalue weighted by Crippen LogP contribution is -2.03. The maximum absolute atomic E-state index is 10.2. The van der Waals surface area contributed by atoms with Gasteiger partial charge in [-0.1, -0.05) is 6.42 Å². The number of aliphatic carboxylic acids is 1. The number of unbranched alkanes of at least 4 members (excludes halogenated alkanes) is 1. The summed E-state index contributed by atoms with van der Waals surface area (Å²) in [7, 11) is 0. The lowest BCUT2D eigenvalue weighted by atomic mass is 10.1. The van der Waals surface area contributed by atoms with Crippen molar-refractivity contribution >= 4 is 29.2 Å². The van der Waals surface area contributed by atoms with Crippen LogP contribution in [0.25, 0.3) is 0 Å². The summed E-state index contributed by atoms with van der Waals surface area (Å²) in [4.78, 5) is 10.2. The molecule has 1 N–H and O–H groups in total. The average Bonchev–Trinajstić information content (AvgIpc) is 2.01. The van der Waals surface area contributed by atoms with Gasteiger partial charge in [-0.05, 0) is 19.3 Å². The van der Waals surface area contributed by atoms with Gasteiger partial charge in [0, 0.05) is 17.7 Å². The van der Waals surface area contributed by atoms with Crippen molar-refractivity contribution in [2.24, 2.45) is 0 Å². The standard InChI is InChI=1S/C8H14Cl2O2/c9-6-2-1-3-7(10)4-5-8(11)12/h7H,1-6H2,(H,11,12). The van der Waals surface area contributed by atoms with Crippen molar-refractivity contribution in [3.8, 4) is 0 Å². The molecule has 0 aromatic heterocycles. The Morgan fingerprint density at radius 1 is 1.33 bits per heavy atom. The molecule has 2 nitrogen and oxygen atoms in total. The van der Waals surface area contributed by atoms with Crippen LogP contribution in [0.5, 0.6) is 0 Å². The first kappa shape index (κ1) is 12.0. The number of alkyl halides is 2. The van der Waals surface area contributed by atoms with Crippen LogP contribution in [0.4, 0.5) is 0 Å². The molecule has 0 aliphatic carbocycles. The molecule has 0 spiro atoms. The Morgan fingerprint density at radius 3 is 2.50 bits per heavy atom. The monoisotopic (exact) mass is 212 g/mol. The van der Waals surface area contributed by atoms with E-state index in [0.29, 0.717) is 12.3 Å². The van der Waals surface area contributed by atoms with E-state index in [1.807, 2.05) is 0 Å². The van der Waals surface area contributed by atoms with Crippen molar-refractivity contribution < 1.29 is 9.90 Å². The summed E-state index contributed by atoms with van der Waals surface area (Å²) >= 11 is 11.3. The fourth-order valence-electron chi connectivity index (χ4n) is 0.885. The first-order chi connectivity index (χ1) is 5.66. The average molecular weight is 213 g/mol. The second kappa shape index (κ2) is 7.69. The van der Waals surface area contributed by atoms with E-state index in [1.54, 1.807) is 0 Å². The minimum Gasteiger partial charge on any atom is -0.481 e. The zero-order valence-corrected chi connectivity index (χ0v) is 8.44. The minimum absolute atomic E-state index is 0.00989. The lowest BCUT2D eigenvalue weighted by Gasteiger charge is -2.05. The molecular weight excluding hydrogens is 199 g/mol. The fraction of sp³-hybridized carbons (Fsp3) is 0.875. The van der Waals surface area contributed by atoms with Gasteiger partial charge in [-0.15, -0.1) is 23.2 Å². The molecule has 0 amide bonds. The predicted molar refractivity (Wildman–Crippen MR) is 51.1 cm³/mol. The highest BCUT2D eigenvalue weighted by Gasteiger charge is 2.06. The van der Waals surface area contributed by atoms with E-state index in [4.69, 9.17) is 28.3 Å². The number of rotatable bonds is 7. The van der Waals surface area contributed by atoms with Gasteiger partial charge in [0.05, 0.1) is 0 Å². The maximum Gasteiger partial charge on any atom is 0.303 e. The lowest BCUT2D eigenvalue weighted by molar-refractivity contribution is -0.137. The Morgan fingerprint density at radius 2 is 2.00 bits per heavy atom. The Labute approximate surface area is 82.9 Å². The smallest absolute Gasteiger partial charge is 0.303 e. The maximum atomic E-state index is 10.2. The molecule has 1 atom stereocenters. The van der Waals surface area contributed by atoms with Crippen LogP contribution in [0, 0.1) is 0 Å². The number of halogens is 2. The highest BCUT2D eigenvalue weighted by Crippen LogP contribution is 2.13. The van der Waals surface area contributed by atoms with E-state index < -0.39 is 5.97 Å². The first-order valence-corrected chi connectivity index (χ1v) is 5.05. The van der Waals surface area contributed by atoms with Crippen LogP contribution in [-0.2, 0) is 4.79 Å². The Balaban J connectivity index is 3.21. The van der Waals surface area contributed by atoms with Crippen molar-refractivity contribution in [1.82, 2.24) is 0 Å². The zero-order chi connectivity index (χ0) is 9.40. The summed E-state index contributed by atoms with van der Waals surface area (Å²) in [6.07, 6.45) is 3.52. The third-order valence-electron chi connectivity index (χ3n) is 1.57. The van der Waals surface area contributed by atoms with E-state index in [-0.39, 0.29) is 11.8 Å². The number of carboxylic acid groups (broad SMARTS) is 1. The van der Waals surface area contributed by atoms with Crippen molar-refractivity contribution in [2.45, 2.75) is 37.5 Å². The summed E-state index contributed by atoms with van der Waals surface area (Å²) in [6, 6.07) is 0. The topological polar surface area (TPSA) is 37.3 Å². The molecule has 0 aliphatic rings. The highest BCUT2D eigenvalue weighted by molar-refractivity contribution is 6.20. The summed E-state index contributed by atoms with van der Waals surface area (Å²) < 4.78 is 0. The zero-order valence-electron chi connectivity index (χ0n) is 6.93. The van der Waals surface area contributed by atoms with Gasteiger partial charge in [0.1, 0.15) is 0 Å². The van der Waals surface area contributed by atoms with Crippen molar-refractivity contribution in [3.63, 3.8) is 0 Å². The van der Waals surface area contributed by atoms with E-state index in [1.165, 1.54) is 0 Å². The van der Waals surface area contributed by atoms with Gasteiger partial charge in [-0.3, -0.25) is 4.79 Å². The van der Waals surface area contributed by atoms with Crippen molar-refractivity contribution in [3.05, 3.63) is 0 Å². The van der Waals surface area contributed by atoms with Crippen molar-refractivity contribution in [2.75, 3.05) is 5.88 Å². The summed E-state index contributed by atoms with van der Waals surface area (Å²) in [6.45, 7) is 0. The van der Waals surface area contributed by atoms with Crippen LogP contribution >= 0.6 is 23.2 Å². The quantitative estimate of drug-likeness (QED) is 0.521. The first-order valence-electron chi connectivity index (χ1n) is 4.08. The molecule has 0 saturated carbocycles. The molecule has 12 heavy (non-hydrogen) atoms. The highest BCUT2D eigenvalue weighted by atomic mass is 35.5. The Hall–Kier alpha value is 0.0500. The van der Waals surface area contributed by atoms with Crippen LogP contribution in [0.2, 0.25) is 0 Å². The molecule has 0 rings (SSSR count). The molecular formula is C8H14Cl2O2. The molecule has 0 aromatic rings. The Bertz CT molecular complexity index is 128. The second-order valence-corrected chi connectivity index (χ2v) is 3.71. The van der Waals surface area contributed by atoms with Crippen LogP contribution in [0.15, 0.2) is 0 Å². The summed E-state index contributed by atoms with van der Waals surface area (Å²) in [5.74, 6) is -0.124. The molecule has 0 radical (unpaired) electrons. The van der Waals surface area contributed by atoms with Gasteiger partial charge in [0.2, 0.25) is 0 Å². The van der Waals surface area contributed by atoms with Gasteiger partial charge < -0.3 is 5.11 Å². The van der Waals surface area contributed by atoms with E-state index >= 15 is 0 Å². The van der Waals surface area contributed by atoms with E-state index in [0.717, 1.165) is 19.3 Å². The van der Waals surface area contributed by atoms with Crippen LogP contribution in [0.3, 0.4) is 0 Å². The third-order valence-corrected chi connectivity index (χ3v) is 2.28. The summed E-state index contributed by atoms with van der Waals surface area (Å²) in [5.41, 5.74) is 0. The number of carboxylic acids is 1. The predicted octanol–water partition coefficient (Wildman–Crippen LogP) is 2.87. The summed E-state index contributed by atoms with van der Waals surface area (Å²) in [5, 5.41) is 8.34. The van der Waals surface area contributed by atoms with Gasteiger partial charge >= 0.3 is 5.97 Å².